The van der Waals surface area contributed by atoms with E-state index >= 15 is 0 Å². The normalized spacial score (nSPS) is 21.3. The zero-order valence-electron chi connectivity index (χ0n) is 17.8. The van der Waals surface area contributed by atoms with Crippen LogP contribution in [-0.4, -0.2) is 73.1 Å². The van der Waals surface area contributed by atoms with Crippen molar-refractivity contribution < 1.29 is 33.0 Å². The van der Waals surface area contributed by atoms with Crippen molar-refractivity contribution in [2.24, 2.45) is 0 Å². The highest BCUT2D eigenvalue weighted by Gasteiger charge is 2.47. The minimum Gasteiger partial charge on any atom is -0.507 e. The Morgan fingerprint density at radius 3 is 2.66 bits per heavy atom. The molecule has 4 rings (SSSR count). The van der Waals surface area contributed by atoms with Crippen LogP contribution in [0, 0.1) is 5.82 Å². The molecule has 0 radical (unpaired) electrons. The second-order valence-electron chi connectivity index (χ2n) is 7.66. The lowest BCUT2D eigenvalue weighted by molar-refractivity contribution is -0.140. The second-order valence-corrected chi connectivity index (χ2v) is 7.66. The first kappa shape index (κ1) is 22.0. The number of rotatable bonds is 7. The summed E-state index contributed by atoms with van der Waals surface area (Å²) < 4.78 is 30.0. The molecular formula is C23H25FN2O6. The van der Waals surface area contributed by atoms with E-state index in [1.807, 2.05) is 0 Å². The predicted molar refractivity (Wildman–Crippen MR) is 113 cm³/mol. The summed E-state index contributed by atoms with van der Waals surface area (Å²) >= 11 is 0. The summed E-state index contributed by atoms with van der Waals surface area (Å²) in [6, 6.07) is 6.26. The van der Waals surface area contributed by atoms with Crippen molar-refractivity contribution in [1.82, 2.24) is 9.80 Å². The number of methoxy groups -OCH3 is 1. The van der Waals surface area contributed by atoms with Crippen LogP contribution in [0.2, 0.25) is 0 Å². The Kier molecular flexibility index (Phi) is 6.57. The maximum atomic E-state index is 14.2. The van der Waals surface area contributed by atoms with Gasteiger partial charge in [0.05, 0.1) is 32.2 Å². The van der Waals surface area contributed by atoms with Crippen LogP contribution in [0.5, 0.6) is 5.75 Å². The maximum absolute atomic E-state index is 14.2. The van der Waals surface area contributed by atoms with Gasteiger partial charge in [-0.3, -0.25) is 14.5 Å². The van der Waals surface area contributed by atoms with Crippen LogP contribution in [0.4, 0.5) is 4.39 Å². The third kappa shape index (κ3) is 4.26. The molecule has 1 aromatic carbocycles. The summed E-state index contributed by atoms with van der Waals surface area (Å²) in [5, 5.41) is 10.9. The third-order valence-electron chi connectivity index (χ3n) is 5.75. The van der Waals surface area contributed by atoms with Gasteiger partial charge < -0.3 is 23.9 Å². The van der Waals surface area contributed by atoms with E-state index in [0.29, 0.717) is 31.9 Å². The van der Waals surface area contributed by atoms with Crippen molar-refractivity contribution in [3.05, 3.63) is 59.3 Å². The molecule has 2 fully saturated rings. The number of ether oxygens (including phenoxy) is 2. The molecule has 1 aromatic heterocycles. The number of furan rings is 1. The van der Waals surface area contributed by atoms with E-state index in [1.165, 1.54) is 30.4 Å². The molecule has 1 N–H and O–H groups in total. The second kappa shape index (κ2) is 9.54. The van der Waals surface area contributed by atoms with E-state index in [1.54, 1.807) is 12.1 Å². The van der Waals surface area contributed by atoms with E-state index in [2.05, 4.69) is 4.90 Å². The van der Waals surface area contributed by atoms with E-state index in [-0.39, 0.29) is 16.9 Å². The van der Waals surface area contributed by atoms with Gasteiger partial charge in [-0.05, 0) is 36.8 Å². The fourth-order valence-corrected chi connectivity index (χ4v) is 4.11. The number of Topliss-reactive ketones (excluding diaryl/α,β-unsaturated/α-hetero) is 1. The van der Waals surface area contributed by atoms with Crippen LogP contribution in [0.3, 0.4) is 0 Å². The Hall–Kier alpha value is -3.17. The SMILES string of the molecule is COc1ccc(/C(O)=C2\C(=O)C(=O)N(CCCN3CCOCC3)[C@H]2c2ccco2)cc1F. The Bertz CT molecular complexity index is 1010. The highest BCUT2D eigenvalue weighted by atomic mass is 19.1. The molecule has 9 heteroatoms. The minimum atomic E-state index is -0.889. The lowest BCUT2D eigenvalue weighted by Gasteiger charge is -2.28. The maximum Gasteiger partial charge on any atom is 0.295 e. The Morgan fingerprint density at radius 2 is 2.00 bits per heavy atom. The average Bonchev–Trinajstić information content (AvgIpc) is 3.42. The molecule has 2 saturated heterocycles. The Balaban J connectivity index is 1.63. The van der Waals surface area contributed by atoms with Crippen molar-refractivity contribution in [3.8, 4) is 5.75 Å². The van der Waals surface area contributed by atoms with Gasteiger partial charge in [0.2, 0.25) is 0 Å². The van der Waals surface area contributed by atoms with Crippen LogP contribution < -0.4 is 4.74 Å². The molecule has 0 bridgehead atoms. The van der Waals surface area contributed by atoms with Gasteiger partial charge in [-0.25, -0.2) is 4.39 Å². The van der Waals surface area contributed by atoms with Gasteiger partial charge >= 0.3 is 0 Å². The van der Waals surface area contributed by atoms with Gasteiger partial charge in [-0.2, -0.15) is 0 Å². The third-order valence-corrected chi connectivity index (χ3v) is 5.75. The van der Waals surface area contributed by atoms with Gasteiger partial charge in [0.15, 0.2) is 11.6 Å². The molecule has 0 saturated carbocycles. The van der Waals surface area contributed by atoms with Crippen LogP contribution in [0.25, 0.3) is 5.76 Å². The van der Waals surface area contributed by atoms with Gasteiger partial charge in [-0.1, -0.05) is 0 Å². The highest BCUT2D eigenvalue weighted by Crippen LogP contribution is 2.40. The molecule has 170 valence electrons. The largest absolute Gasteiger partial charge is 0.507 e. The van der Waals surface area contributed by atoms with Crippen molar-refractivity contribution >= 4 is 17.4 Å². The number of aliphatic hydroxyl groups excluding tert-OH is 1. The van der Waals surface area contributed by atoms with Crippen LogP contribution in [0.15, 0.2) is 46.6 Å². The standard InChI is InChI=1S/C23H25FN2O6/c1-30-17-6-5-15(14-16(17)24)21(27)19-20(18-4-2-11-32-18)26(23(29)22(19)28)8-3-7-25-9-12-31-13-10-25/h2,4-6,11,14,20,27H,3,7-10,12-13H2,1H3/b21-19+/t20-/m0/s1. The van der Waals surface area contributed by atoms with Crippen LogP contribution in [0.1, 0.15) is 23.8 Å². The number of hydrogen-bond acceptors (Lipinski definition) is 7. The molecular weight excluding hydrogens is 419 g/mol. The van der Waals surface area contributed by atoms with Crippen LogP contribution in [-0.2, 0) is 14.3 Å². The topological polar surface area (TPSA) is 92.5 Å². The van der Waals surface area contributed by atoms with Crippen LogP contribution >= 0.6 is 0 Å². The molecule has 2 aromatic rings. The summed E-state index contributed by atoms with van der Waals surface area (Å²) in [5.41, 5.74) is -0.0490. The highest BCUT2D eigenvalue weighted by molar-refractivity contribution is 6.46. The first-order chi connectivity index (χ1) is 15.5. The van der Waals surface area contributed by atoms with Gasteiger partial charge in [0, 0.05) is 31.7 Å². The number of hydrogen-bond donors (Lipinski definition) is 1. The molecule has 0 spiro atoms. The van der Waals surface area contributed by atoms with Gasteiger partial charge in [0.1, 0.15) is 17.6 Å². The lowest BCUT2D eigenvalue weighted by atomic mass is 9.99. The molecule has 1 amide bonds. The fourth-order valence-electron chi connectivity index (χ4n) is 4.11. The smallest absolute Gasteiger partial charge is 0.295 e. The van der Waals surface area contributed by atoms with Crippen molar-refractivity contribution in [1.29, 1.82) is 0 Å². The number of aliphatic hydroxyl groups is 1. The van der Waals surface area contributed by atoms with E-state index < -0.39 is 29.3 Å². The molecule has 3 heterocycles. The molecule has 0 unspecified atom stereocenters. The lowest BCUT2D eigenvalue weighted by Crippen LogP contribution is -2.38. The summed E-state index contributed by atoms with van der Waals surface area (Å²) in [7, 11) is 1.33. The van der Waals surface area contributed by atoms with Crippen molar-refractivity contribution in [2.75, 3.05) is 46.5 Å². The van der Waals surface area contributed by atoms with E-state index in [9.17, 15) is 19.1 Å². The van der Waals surface area contributed by atoms with Gasteiger partial charge in [0.25, 0.3) is 11.7 Å². The Morgan fingerprint density at radius 1 is 1.22 bits per heavy atom. The first-order valence-corrected chi connectivity index (χ1v) is 10.5. The number of halogens is 1. The molecule has 2 aliphatic heterocycles. The molecule has 8 nitrogen and oxygen atoms in total. The summed E-state index contributed by atoms with van der Waals surface area (Å²) in [6.45, 7) is 4.06. The van der Waals surface area contributed by atoms with E-state index in [0.717, 1.165) is 25.7 Å². The quantitative estimate of drug-likeness (QED) is 0.399. The number of likely N-dealkylation sites (tertiary alicyclic amines) is 1. The number of benzene rings is 1. The number of carbonyl (C=O) groups is 2. The molecule has 2 aliphatic rings. The summed E-state index contributed by atoms with van der Waals surface area (Å²) in [4.78, 5) is 29.4. The number of nitrogens with zero attached hydrogens (tertiary/aromatic N) is 2. The fraction of sp³-hybridized carbons (Fsp3) is 0.391. The molecule has 1 atom stereocenters. The van der Waals surface area contributed by atoms with E-state index in [4.69, 9.17) is 13.9 Å². The molecule has 32 heavy (non-hydrogen) atoms. The van der Waals surface area contributed by atoms with Crippen molar-refractivity contribution in [2.45, 2.75) is 12.5 Å². The summed E-state index contributed by atoms with van der Waals surface area (Å²) in [6.07, 6.45) is 2.08. The number of morpholine rings is 1. The van der Waals surface area contributed by atoms with Gasteiger partial charge in [-0.15, -0.1) is 0 Å². The number of amides is 1. The number of ketones is 1. The monoisotopic (exact) mass is 444 g/mol. The Labute approximate surface area is 184 Å². The van der Waals surface area contributed by atoms with Crippen molar-refractivity contribution in [3.63, 3.8) is 0 Å². The first-order valence-electron chi connectivity index (χ1n) is 10.5. The number of carbonyl (C=O) groups excluding carboxylic acids is 2. The average molecular weight is 444 g/mol. The minimum absolute atomic E-state index is 0.00713. The zero-order chi connectivity index (χ0) is 22.7. The summed E-state index contributed by atoms with van der Waals surface area (Å²) in [5.74, 6) is -2.33. The zero-order valence-corrected chi connectivity index (χ0v) is 17.8. The predicted octanol–water partition coefficient (Wildman–Crippen LogP) is 2.57. The molecule has 0 aliphatic carbocycles.